The van der Waals surface area contributed by atoms with Gasteiger partial charge in [-0.3, -0.25) is 4.79 Å². The molecular weight excluding hydrogens is 270 g/mol. The summed E-state index contributed by atoms with van der Waals surface area (Å²) in [4.78, 5) is 23.2. The van der Waals surface area contributed by atoms with E-state index in [1.165, 1.54) is 0 Å². The molecule has 0 aromatic rings. The summed E-state index contributed by atoms with van der Waals surface area (Å²) in [6, 6.07) is 0. The summed E-state index contributed by atoms with van der Waals surface area (Å²) in [5.74, 6) is -0.177. The van der Waals surface area contributed by atoms with E-state index in [9.17, 15) is 9.59 Å². The first-order chi connectivity index (χ1) is 9.54. The van der Waals surface area contributed by atoms with Gasteiger partial charge in [-0.05, 0) is 47.0 Å². The second-order valence-corrected chi connectivity index (χ2v) is 6.98. The first-order valence-electron chi connectivity index (χ1n) is 7.40. The lowest BCUT2D eigenvalue weighted by Crippen LogP contribution is -2.46. The van der Waals surface area contributed by atoms with Crippen LogP contribution in [0.5, 0.6) is 0 Å². The summed E-state index contributed by atoms with van der Waals surface area (Å²) in [6.07, 6.45) is 3.21. The Balaban J connectivity index is 2.50. The summed E-state index contributed by atoms with van der Waals surface area (Å²) in [5, 5.41) is 2.83. The van der Waals surface area contributed by atoms with Crippen LogP contribution in [0.4, 0.5) is 4.79 Å². The number of hydrogen-bond donors (Lipinski definition) is 1. The second-order valence-electron chi connectivity index (χ2n) is 6.98. The van der Waals surface area contributed by atoms with Crippen LogP contribution in [0.2, 0.25) is 0 Å². The minimum Gasteiger partial charge on any atom is -0.462 e. The Morgan fingerprint density at radius 2 is 2.10 bits per heavy atom. The fraction of sp³-hybridized carbons (Fsp3) is 0.750. The van der Waals surface area contributed by atoms with Gasteiger partial charge in [0.25, 0.3) is 0 Å². The van der Waals surface area contributed by atoms with E-state index in [-0.39, 0.29) is 18.0 Å². The molecule has 21 heavy (non-hydrogen) atoms. The van der Waals surface area contributed by atoms with Crippen LogP contribution in [0, 0.1) is 5.92 Å². The van der Waals surface area contributed by atoms with E-state index in [2.05, 4.69) is 11.9 Å². The Labute approximate surface area is 127 Å². The zero-order chi connectivity index (χ0) is 16.3. The second kappa shape index (κ2) is 6.50. The summed E-state index contributed by atoms with van der Waals surface area (Å²) < 4.78 is 10.5. The maximum absolute atomic E-state index is 11.9. The molecule has 0 aliphatic carbocycles. The van der Waals surface area contributed by atoms with Crippen molar-refractivity contribution < 1.29 is 19.1 Å². The van der Waals surface area contributed by atoms with Gasteiger partial charge in [0.05, 0.1) is 11.5 Å². The number of carbonyl (C=O) groups excluding carboxylic acids is 2. The molecule has 1 saturated heterocycles. The highest BCUT2D eigenvalue weighted by Crippen LogP contribution is 2.26. The van der Waals surface area contributed by atoms with E-state index in [0.29, 0.717) is 12.8 Å². The number of rotatable bonds is 5. The Hall–Kier alpha value is -1.52. The Bertz CT molecular complexity index is 413. The van der Waals surface area contributed by atoms with E-state index < -0.39 is 17.2 Å². The molecule has 5 nitrogen and oxygen atoms in total. The average Bonchev–Trinajstić information content (AvgIpc) is 2.64. The molecule has 1 fully saturated rings. The van der Waals surface area contributed by atoms with Crippen molar-refractivity contribution in [2.24, 2.45) is 5.92 Å². The van der Waals surface area contributed by atoms with Crippen molar-refractivity contribution in [1.82, 2.24) is 5.32 Å². The highest BCUT2D eigenvalue weighted by atomic mass is 16.6. The number of amides is 1. The van der Waals surface area contributed by atoms with Crippen molar-refractivity contribution in [2.45, 2.75) is 71.1 Å². The van der Waals surface area contributed by atoms with E-state index in [1.54, 1.807) is 6.08 Å². The third kappa shape index (κ3) is 5.78. The van der Waals surface area contributed by atoms with Gasteiger partial charge in [0.1, 0.15) is 11.7 Å². The van der Waals surface area contributed by atoms with Crippen molar-refractivity contribution in [2.75, 3.05) is 0 Å². The summed E-state index contributed by atoms with van der Waals surface area (Å²) in [7, 11) is 0. The predicted octanol–water partition coefficient (Wildman–Crippen LogP) is 3.19. The minimum absolute atomic E-state index is 0.0381. The molecule has 0 aromatic heterocycles. The number of esters is 1. The molecule has 1 rings (SSSR count). The monoisotopic (exact) mass is 297 g/mol. The summed E-state index contributed by atoms with van der Waals surface area (Å²) in [6.45, 7) is 13.0. The molecular formula is C16H27NO4. The lowest BCUT2D eigenvalue weighted by atomic mass is 9.92. The molecule has 0 bridgehead atoms. The lowest BCUT2D eigenvalue weighted by Gasteiger charge is -2.30. The third-order valence-electron chi connectivity index (χ3n) is 3.52. The largest absolute Gasteiger partial charge is 0.462 e. The Kier molecular flexibility index (Phi) is 5.42. The van der Waals surface area contributed by atoms with Gasteiger partial charge in [0, 0.05) is 0 Å². The molecule has 0 spiro atoms. The van der Waals surface area contributed by atoms with Crippen molar-refractivity contribution >= 4 is 12.1 Å². The highest BCUT2D eigenvalue weighted by molar-refractivity contribution is 5.74. The number of nitrogens with one attached hydrogen (secondary N) is 1. The molecule has 0 radical (unpaired) electrons. The lowest BCUT2D eigenvalue weighted by molar-refractivity contribution is -0.144. The van der Waals surface area contributed by atoms with E-state index in [4.69, 9.17) is 9.47 Å². The number of hydrogen-bond acceptors (Lipinski definition) is 4. The zero-order valence-corrected chi connectivity index (χ0v) is 13.7. The number of ether oxygens (including phenoxy) is 2. The Morgan fingerprint density at radius 3 is 2.52 bits per heavy atom. The van der Waals surface area contributed by atoms with Crippen LogP contribution in [0.3, 0.4) is 0 Å². The average molecular weight is 297 g/mol. The number of cyclic esters (lactones) is 1. The molecule has 5 heteroatoms. The highest BCUT2D eigenvalue weighted by Gasteiger charge is 2.33. The first kappa shape index (κ1) is 17.5. The van der Waals surface area contributed by atoms with Crippen molar-refractivity contribution in [3.05, 3.63) is 12.7 Å². The maximum atomic E-state index is 11.9. The van der Waals surface area contributed by atoms with Gasteiger partial charge in [0.2, 0.25) is 0 Å². The smallest absolute Gasteiger partial charge is 0.408 e. The molecule has 1 aliphatic rings. The van der Waals surface area contributed by atoms with Crippen molar-refractivity contribution in [1.29, 1.82) is 0 Å². The van der Waals surface area contributed by atoms with E-state index in [0.717, 1.165) is 6.42 Å². The SMILES string of the molecule is C=CC(C)(CCC1CC(C)C(=O)O1)NC(=O)OC(C)(C)C. The van der Waals surface area contributed by atoms with Gasteiger partial charge < -0.3 is 14.8 Å². The van der Waals surface area contributed by atoms with Crippen LogP contribution < -0.4 is 5.32 Å². The summed E-state index contributed by atoms with van der Waals surface area (Å²) in [5.41, 5.74) is -1.12. The maximum Gasteiger partial charge on any atom is 0.408 e. The van der Waals surface area contributed by atoms with Crippen LogP contribution in [0.25, 0.3) is 0 Å². The molecule has 0 aromatic carbocycles. The van der Waals surface area contributed by atoms with Gasteiger partial charge in [-0.1, -0.05) is 13.0 Å². The molecule has 120 valence electrons. The number of alkyl carbamates (subject to hydrolysis) is 1. The Morgan fingerprint density at radius 1 is 1.48 bits per heavy atom. The van der Waals surface area contributed by atoms with Crippen LogP contribution in [-0.4, -0.2) is 29.3 Å². The first-order valence-corrected chi connectivity index (χ1v) is 7.40. The van der Waals surface area contributed by atoms with Crippen LogP contribution in [0.1, 0.15) is 53.9 Å². The van der Waals surface area contributed by atoms with Crippen LogP contribution in [0.15, 0.2) is 12.7 Å². The molecule has 0 saturated carbocycles. The van der Waals surface area contributed by atoms with Crippen molar-refractivity contribution in [3.8, 4) is 0 Å². The molecule has 3 atom stereocenters. The third-order valence-corrected chi connectivity index (χ3v) is 3.52. The van der Waals surface area contributed by atoms with Crippen LogP contribution in [-0.2, 0) is 14.3 Å². The molecule has 1 aliphatic heterocycles. The number of carbonyl (C=O) groups is 2. The van der Waals surface area contributed by atoms with Gasteiger partial charge in [0.15, 0.2) is 0 Å². The van der Waals surface area contributed by atoms with Crippen molar-refractivity contribution in [3.63, 3.8) is 0 Å². The standard InChI is InChI=1S/C16H27NO4/c1-7-16(6,17-14(19)21-15(3,4)5)9-8-12-10-11(2)13(18)20-12/h7,11-12H,1,8-10H2,2-6H3,(H,17,19). The summed E-state index contributed by atoms with van der Waals surface area (Å²) >= 11 is 0. The van der Waals surface area contributed by atoms with E-state index in [1.807, 2.05) is 34.6 Å². The molecule has 3 unspecified atom stereocenters. The fourth-order valence-electron chi connectivity index (χ4n) is 2.21. The van der Waals surface area contributed by atoms with Gasteiger partial charge in [-0.2, -0.15) is 0 Å². The fourth-order valence-corrected chi connectivity index (χ4v) is 2.21. The molecule has 1 amide bonds. The van der Waals surface area contributed by atoms with E-state index >= 15 is 0 Å². The van der Waals surface area contributed by atoms with Gasteiger partial charge >= 0.3 is 12.1 Å². The molecule has 1 N–H and O–H groups in total. The molecule has 1 heterocycles. The zero-order valence-electron chi connectivity index (χ0n) is 13.7. The minimum atomic E-state index is -0.583. The normalized spacial score (nSPS) is 24.9. The predicted molar refractivity (Wildman–Crippen MR) is 80.9 cm³/mol. The van der Waals surface area contributed by atoms with Gasteiger partial charge in [-0.15, -0.1) is 6.58 Å². The topological polar surface area (TPSA) is 64.6 Å². The quantitative estimate of drug-likeness (QED) is 0.625. The van der Waals surface area contributed by atoms with Crippen LogP contribution >= 0.6 is 0 Å². The van der Waals surface area contributed by atoms with Gasteiger partial charge in [-0.25, -0.2) is 4.79 Å².